The molecule has 3 heterocycles. The van der Waals surface area contributed by atoms with Gasteiger partial charge in [0.05, 0.1) is 11.7 Å². The zero-order chi connectivity index (χ0) is 14.1. The van der Waals surface area contributed by atoms with E-state index in [9.17, 15) is 0 Å². The molecular weight excluding hydrogens is 270 g/mol. The van der Waals surface area contributed by atoms with Crippen LogP contribution in [0.25, 0.3) is 11.3 Å². The molecule has 3 rings (SSSR count). The Bertz CT molecular complexity index is 584. The maximum absolute atomic E-state index is 5.60. The van der Waals surface area contributed by atoms with Crippen LogP contribution in [0.5, 0.6) is 0 Å². The van der Waals surface area contributed by atoms with Gasteiger partial charge in [-0.05, 0) is 26.8 Å². The van der Waals surface area contributed by atoms with Gasteiger partial charge in [-0.15, -0.1) is 11.3 Å². The minimum absolute atomic E-state index is 0.393. The summed E-state index contributed by atoms with van der Waals surface area (Å²) in [5, 5.41) is 6.73. The van der Waals surface area contributed by atoms with Crippen LogP contribution < -0.4 is 5.32 Å². The van der Waals surface area contributed by atoms with Gasteiger partial charge in [0.15, 0.2) is 0 Å². The first-order valence-corrected chi connectivity index (χ1v) is 8.00. The van der Waals surface area contributed by atoms with Gasteiger partial charge in [0, 0.05) is 37.1 Å². The lowest BCUT2D eigenvalue weighted by Crippen LogP contribution is -2.44. The Morgan fingerprint density at radius 1 is 1.35 bits per heavy atom. The molecule has 0 aliphatic carbocycles. The third-order valence-corrected chi connectivity index (χ3v) is 4.91. The van der Waals surface area contributed by atoms with Crippen LogP contribution >= 0.6 is 11.3 Å². The Morgan fingerprint density at radius 3 is 2.75 bits per heavy atom. The van der Waals surface area contributed by atoms with Crippen molar-refractivity contribution in [3.8, 4) is 11.3 Å². The summed E-state index contributed by atoms with van der Waals surface area (Å²) in [7, 11) is 0. The van der Waals surface area contributed by atoms with E-state index in [0.717, 1.165) is 49.0 Å². The second-order valence-corrected chi connectivity index (χ2v) is 6.25. The molecule has 0 amide bonds. The van der Waals surface area contributed by atoms with Crippen LogP contribution in [0.2, 0.25) is 0 Å². The molecule has 0 aromatic carbocycles. The van der Waals surface area contributed by atoms with Crippen molar-refractivity contribution >= 4 is 11.3 Å². The van der Waals surface area contributed by atoms with E-state index < -0.39 is 0 Å². The third-order valence-electron chi connectivity index (χ3n) is 3.90. The van der Waals surface area contributed by atoms with Crippen LogP contribution in [0.15, 0.2) is 15.9 Å². The molecule has 4 nitrogen and oxygen atoms in total. The largest absolute Gasteiger partial charge is 0.466 e. The van der Waals surface area contributed by atoms with E-state index in [1.54, 1.807) is 11.3 Å². The molecule has 1 saturated heterocycles. The Labute approximate surface area is 123 Å². The van der Waals surface area contributed by atoms with Gasteiger partial charge < -0.3 is 9.73 Å². The highest BCUT2D eigenvalue weighted by molar-refractivity contribution is 7.10. The van der Waals surface area contributed by atoms with Crippen molar-refractivity contribution in [1.82, 2.24) is 15.2 Å². The lowest BCUT2D eigenvalue weighted by Gasteiger charge is -2.31. The van der Waals surface area contributed by atoms with Gasteiger partial charge in [-0.1, -0.05) is 0 Å². The summed E-state index contributed by atoms with van der Waals surface area (Å²) in [4.78, 5) is 7.32. The average molecular weight is 291 g/mol. The van der Waals surface area contributed by atoms with E-state index >= 15 is 0 Å². The van der Waals surface area contributed by atoms with Gasteiger partial charge >= 0.3 is 0 Å². The minimum atomic E-state index is 0.393. The van der Waals surface area contributed by atoms with Crippen LogP contribution in [0.1, 0.15) is 29.5 Å². The van der Waals surface area contributed by atoms with Crippen molar-refractivity contribution in [2.75, 3.05) is 26.2 Å². The van der Waals surface area contributed by atoms with E-state index in [-0.39, 0.29) is 0 Å². The van der Waals surface area contributed by atoms with Gasteiger partial charge in [-0.2, -0.15) is 0 Å². The van der Waals surface area contributed by atoms with Gasteiger partial charge in [-0.25, -0.2) is 4.98 Å². The summed E-state index contributed by atoms with van der Waals surface area (Å²) >= 11 is 1.75. The van der Waals surface area contributed by atoms with Gasteiger partial charge in [0.2, 0.25) is 0 Å². The molecule has 0 radical (unpaired) electrons. The molecule has 5 heteroatoms. The molecule has 108 valence electrons. The molecule has 0 spiro atoms. The summed E-state index contributed by atoms with van der Waals surface area (Å²) in [6.45, 7) is 10.6. The molecule has 0 saturated carbocycles. The molecule has 2 aromatic rings. The number of hydrogen-bond acceptors (Lipinski definition) is 5. The van der Waals surface area contributed by atoms with Gasteiger partial charge in [0.1, 0.15) is 16.5 Å². The number of hydrogen-bond donors (Lipinski definition) is 1. The lowest BCUT2D eigenvalue weighted by molar-refractivity contribution is 0.185. The standard InChI is InChI=1S/C15H21N3OS/c1-10-8-13(12(3)19-10)14-9-20-15(17-14)11(2)18-6-4-16-5-7-18/h8-9,11,16H,4-7H2,1-3H3. The highest BCUT2D eigenvalue weighted by Crippen LogP contribution is 2.31. The fraction of sp³-hybridized carbons (Fsp3) is 0.533. The first-order chi connectivity index (χ1) is 9.65. The molecular formula is C15H21N3OS. The second kappa shape index (κ2) is 5.68. The van der Waals surface area contributed by atoms with Crippen LogP contribution in [0.4, 0.5) is 0 Å². The number of nitrogens with zero attached hydrogens (tertiary/aromatic N) is 2. The van der Waals surface area contributed by atoms with Crippen LogP contribution in [-0.2, 0) is 0 Å². The Balaban J connectivity index is 1.81. The molecule has 2 aromatic heterocycles. The maximum atomic E-state index is 5.60. The predicted molar refractivity (Wildman–Crippen MR) is 82.1 cm³/mol. The van der Waals surface area contributed by atoms with Crippen molar-refractivity contribution in [3.05, 3.63) is 28.0 Å². The second-order valence-electron chi connectivity index (χ2n) is 5.36. The van der Waals surface area contributed by atoms with E-state index in [1.165, 1.54) is 5.01 Å². The number of thiazole rings is 1. The number of aryl methyl sites for hydroxylation is 2. The predicted octanol–water partition coefficient (Wildman–Crippen LogP) is 2.99. The van der Waals surface area contributed by atoms with Crippen molar-refractivity contribution < 1.29 is 4.42 Å². The highest BCUT2D eigenvalue weighted by Gasteiger charge is 2.21. The molecule has 20 heavy (non-hydrogen) atoms. The molecule has 1 aliphatic rings. The summed E-state index contributed by atoms with van der Waals surface area (Å²) in [5.41, 5.74) is 2.17. The lowest BCUT2D eigenvalue weighted by atomic mass is 10.2. The topological polar surface area (TPSA) is 41.3 Å². The summed E-state index contributed by atoms with van der Waals surface area (Å²) in [5.74, 6) is 1.90. The first kappa shape index (κ1) is 13.8. The Hall–Kier alpha value is -1.17. The smallest absolute Gasteiger partial charge is 0.110 e. The van der Waals surface area contributed by atoms with E-state index in [2.05, 4.69) is 28.6 Å². The molecule has 0 bridgehead atoms. The zero-order valence-corrected chi connectivity index (χ0v) is 13.1. The van der Waals surface area contributed by atoms with Crippen LogP contribution in [0.3, 0.4) is 0 Å². The molecule has 1 aliphatic heterocycles. The van der Waals surface area contributed by atoms with Crippen molar-refractivity contribution in [2.24, 2.45) is 0 Å². The number of rotatable bonds is 3. The Morgan fingerprint density at radius 2 is 2.10 bits per heavy atom. The monoisotopic (exact) mass is 291 g/mol. The van der Waals surface area contributed by atoms with Crippen molar-refractivity contribution in [3.63, 3.8) is 0 Å². The zero-order valence-electron chi connectivity index (χ0n) is 12.3. The fourth-order valence-electron chi connectivity index (χ4n) is 2.71. The molecule has 1 atom stereocenters. The average Bonchev–Trinajstić information content (AvgIpc) is 3.05. The van der Waals surface area contributed by atoms with Crippen LogP contribution in [0, 0.1) is 13.8 Å². The molecule has 1 unspecified atom stereocenters. The summed E-state index contributed by atoms with van der Waals surface area (Å²) in [6.07, 6.45) is 0. The summed E-state index contributed by atoms with van der Waals surface area (Å²) in [6, 6.07) is 2.47. The number of piperazine rings is 1. The molecule has 1 N–H and O–H groups in total. The molecule has 1 fully saturated rings. The van der Waals surface area contributed by atoms with Crippen molar-refractivity contribution in [1.29, 1.82) is 0 Å². The number of aromatic nitrogens is 1. The van der Waals surface area contributed by atoms with E-state index in [1.807, 2.05) is 13.8 Å². The normalized spacial score (nSPS) is 18.4. The Kier molecular flexibility index (Phi) is 3.92. The SMILES string of the molecule is Cc1cc(-c2csc(C(C)N3CCNCC3)n2)c(C)o1. The quantitative estimate of drug-likeness (QED) is 0.944. The van der Waals surface area contributed by atoms with E-state index in [0.29, 0.717) is 6.04 Å². The summed E-state index contributed by atoms with van der Waals surface area (Å²) < 4.78 is 5.60. The maximum Gasteiger partial charge on any atom is 0.110 e. The third kappa shape index (κ3) is 2.66. The van der Waals surface area contributed by atoms with Gasteiger partial charge in [0.25, 0.3) is 0 Å². The van der Waals surface area contributed by atoms with Crippen molar-refractivity contribution in [2.45, 2.75) is 26.8 Å². The van der Waals surface area contributed by atoms with Crippen LogP contribution in [-0.4, -0.2) is 36.1 Å². The minimum Gasteiger partial charge on any atom is -0.466 e. The number of furan rings is 1. The number of nitrogens with one attached hydrogen (secondary N) is 1. The van der Waals surface area contributed by atoms with Gasteiger partial charge in [-0.3, -0.25) is 4.90 Å². The highest BCUT2D eigenvalue weighted by atomic mass is 32.1. The first-order valence-electron chi connectivity index (χ1n) is 7.13. The van der Waals surface area contributed by atoms with E-state index in [4.69, 9.17) is 9.40 Å². The fourth-order valence-corrected chi connectivity index (χ4v) is 3.62.